The zero-order valence-electron chi connectivity index (χ0n) is 12.6. The van der Waals surface area contributed by atoms with Gasteiger partial charge in [-0.1, -0.05) is 17.3 Å². The highest BCUT2D eigenvalue weighted by Gasteiger charge is 2.16. The molecule has 2 aromatic heterocycles. The zero-order valence-corrected chi connectivity index (χ0v) is 12.6. The highest BCUT2D eigenvalue weighted by atomic mass is 19.1. The van der Waals surface area contributed by atoms with E-state index in [1.165, 1.54) is 29.1 Å². The molecule has 25 heavy (non-hydrogen) atoms. The largest absolute Gasteiger partial charge is 0.344 e. The van der Waals surface area contributed by atoms with Crippen LogP contribution in [0.3, 0.4) is 0 Å². The summed E-state index contributed by atoms with van der Waals surface area (Å²) in [5.41, 5.74) is 0.411. The minimum atomic E-state index is -0.616. The summed E-state index contributed by atoms with van der Waals surface area (Å²) in [5, 5.41) is 20.5. The van der Waals surface area contributed by atoms with Crippen molar-refractivity contribution in [2.75, 3.05) is 0 Å². The van der Waals surface area contributed by atoms with Gasteiger partial charge in [-0.3, -0.25) is 19.6 Å². The van der Waals surface area contributed by atoms with Gasteiger partial charge in [0.25, 0.3) is 0 Å². The third kappa shape index (κ3) is 4.02. The Morgan fingerprint density at radius 3 is 3.00 bits per heavy atom. The molecule has 3 rings (SSSR count). The average molecular weight is 346 g/mol. The molecule has 1 amide bonds. The Kier molecular flexibility index (Phi) is 4.46. The van der Waals surface area contributed by atoms with Gasteiger partial charge in [0.1, 0.15) is 24.8 Å². The Hall–Kier alpha value is -3.63. The lowest BCUT2D eigenvalue weighted by Crippen LogP contribution is -2.23. The van der Waals surface area contributed by atoms with Crippen molar-refractivity contribution in [2.24, 2.45) is 0 Å². The molecule has 11 heteroatoms. The Morgan fingerprint density at radius 2 is 2.28 bits per heavy atom. The van der Waals surface area contributed by atoms with E-state index >= 15 is 0 Å². The molecule has 0 spiro atoms. The fourth-order valence-electron chi connectivity index (χ4n) is 1.99. The van der Waals surface area contributed by atoms with Crippen LogP contribution in [0.4, 0.5) is 10.1 Å². The van der Waals surface area contributed by atoms with E-state index < -0.39 is 16.6 Å². The van der Waals surface area contributed by atoms with Crippen LogP contribution < -0.4 is 5.32 Å². The zero-order chi connectivity index (χ0) is 17.8. The smallest absolute Gasteiger partial charge is 0.316 e. The number of benzene rings is 1. The SMILES string of the molecule is O=C(NCc1cccc(F)c1)c1nc(Cn2cc([N+](=O)[O-])cn2)no1. The Labute approximate surface area is 139 Å². The van der Waals surface area contributed by atoms with E-state index in [1.807, 2.05) is 0 Å². The molecule has 0 fully saturated rings. The van der Waals surface area contributed by atoms with Gasteiger partial charge in [-0.2, -0.15) is 10.1 Å². The molecule has 3 aromatic rings. The maximum atomic E-state index is 13.1. The van der Waals surface area contributed by atoms with Gasteiger partial charge in [-0.05, 0) is 17.7 Å². The molecular formula is C14H11FN6O4. The first-order valence-electron chi connectivity index (χ1n) is 7.03. The summed E-state index contributed by atoms with van der Waals surface area (Å²) >= 11 is 0. The second kappa shape index (κ2) is 6.86. The van der Waals surface area contributed by atoms with Gasteiger partial charge in [0.2, 0.25) is 0 Å². The second-order valence-electron chi connectivity index (χ2n) is 4.98. The molecule has 0 aliphatic heterocycles. The molecular weight excluding hydrogens is 335 g/mol. The number of hydrogen-bond acceptors (Lipinski definition) is 7. The fraction of sp³-hybridized carbons (Fsp3) is 0.143. The van der Waals surface area contributed by atoms with Crippen molar-refractivity contribution in [2.45, 2.75) is 13.1 Å². The molecule has 0 radical (unpaired) electrons. The van der Waals surface area contributed by atoms with Crippen LogP contribution in [0, 0.1) is 15.9 Å². The molecule has 1 N–H and O–H groups in total. The molecule has 0 unspecified atom stereocenters. The Morgan fingerprint density at radius 1 is 1.44 bits per heavy atom. The predicted octanol–water partition coefficient (Wildman–Crippen LogP) is 1.29. The standard InChI is InChI=1S/C14H11FN6O4/c15-10-3-1-2-9(4-10)5-16-13(22)14-18-12(19-25-14)8-20-7-11(6-17-20)21(23)24/h1-4,6-7H,5,8H2,(H,16,22). The third-order valence-electron chi connectivity index (χ3n) is 3.14. The maximum Gasteiger partial charge on any atom is 0.316 e. The first kappa shape index (κ1) is 16.2. The van der Waals surface area contributed by atoms with Crippen molar-refractivity contribution >= 4 is 11.6 Å². The van der Waals surface area contributed by atoms with Crippen molar-refractivity contribution in [1.29, 1.82) is 0 Å². The van der Waals surface area contributed by atoms with E-state index in [9.17, 15) is 19.3 Å². The maximum absolute atomic E-state index is 13.1. The molecule has 0 saturated carbocycles. The summed E-state index contributed by atoms with van der Waals surface area (Å²) in [6.45, 7) is 0.105. The van der Waals surface area contributed by atoms with E-state index in [4.69, 9.17) is 4.52 Å². The first-order valence-corrected chi connectivity index (χ1v) is 7.03. The Balaban J connectivity index is 1.60. The van der Waals surface area contributed by atoms with Crippen LogP contribution in [-0.2, 0) is 13.1 Å². The summed E-state index contributed by atoms with van der Waals surface area (Å²) in [5.74, 6) is -1.16. The van der Waals surface area contributed by atoms with E-state index in [0.29, 0.717) is 5.56 Å². The van der Waals surface area contributed by atoms with Crippen LogP contribution in [0.25, 0.3) is 0 Å². The normalized spacial score (nSPS) is 10.6. The molecule has 128 valence electrons. The summed E-state index contributed by atoms with van der Waals surface area (Å²) in [4.78, 5) is 25.9. The van der Waals surface area contributed by atoms with Crippen molar-refractivity contribution in [3.8, 4) is 0 Å². The minimum absolute atomic E-state index is 0.00845. The van der Waals surface area contributed by atoms with Crippen LogP contribution in [0.5, 0.6) is 0 Å². The van der Waals surface area contributed by atoms with Gasteiger partial charge >= 0.3 is 17.5 Å². The van der Waals surface area contributed by atoms with Gasteiger partial charge in [0.15, 0.2) is 5.82 Å². The van der Waals surface area contributed by atoms with Crippen molar-refractivity contribution in [1.82, 2.24) is 25.2 Å². The summed E-state index contributed by atoms with van der Waals surface area (Å²) in [7, 11) is 0. The van der Waals surface area contributed by atoms with Crippen molar-refractivity contribution in [3.63, 3.8) is 0 Å². The number of nitrogens with zero attached hydrogens (tertiary/aromatic N) is 5. The predicted molar refractivity (Wildman–Crippen MR) is 79.9 cm³/mol. The summed E-state index contributed by atoms with van der Waals surface area (Å²) in [6.07, 6.45) is 2.30. The van der Waals surface area contributed by atoms with E-state index in [2.05, 4.69) is 20.6 Å². The van der Waals surface area contributed by atoms with Gasteiger partial charge in [-0.15, -0.1) is 0 Å². The number of carbonyl (C=O) groups excluding carboxylic acids is 1. The lowest BCUT2D eigenvalue weighted by Gasteiger charge is -2.02. The van der Waals surface area contributed by atoms with Gasteiger partial charge < -0.3 is 9.84 Å². The number of carbonyl (C=O) groups is 1. The summed E-state index contributed by atoms with van der Waals surface area (Å²) in [6, 6.07) is 5.79. The minimum Gasteiger partial charge on any atom is -0.344 e. The number of hydrogen-bond donors (Lipinski definition) is 1. The third-order valence-corrected chi connectivity index (χ3v) is 3.14. The fourth-order valence-corrected chi connectivity index (χ4v) is 1.99. The second-order valence-corrected chi connectivity index (χ2v) is 4.98. The monoisotopic (exact) mass is 346 g/mol. The van der Waals surface area contributed by atoms with Gasteiger partial charge in [0.05, 0.1) is 4.92 Å². The number of rotatable bonds is 6. The molecule has 0 atom stereocenters. The first-order chi connectivity index (χ1) is 12.0. The van der Waals surface area contributed by atoms with Crippen molar-refractivity contribution < 1.29 is 18.6 Å². The van der Waals surface area contributed by atoms with Crippen LogP contribution >= 0.6 is 0 Å². The molecule has 0 aliphatic carbocycles. The number of nitro groups is 1. The molecule has 10 nitrogen and oxygen atoms in total. The highest BCUT2D eigenvalue weighted by Crippen LogP contribution is 2.09. The molecule has 0 saturated heterocycles. The lowest BCUT2D eigenvalue weighted by molar-refractivity contribution is -0.385. The van der Waals surface area contributed by atoms with E-state index in [0.717, 1.165) is 6.20 Å². The van der Waals surface area contributed by atoms with Crippen LogP contribution in [-0.4, -0.2) is 30.8 Å². The van der Waals surface area contributed by atoms with Gasteiger partial charge in [0, 0.05) is 6.54 Å². The Bertz CT molecular complexity index is 921. The van der Waals surface area contributed by atoms with Crippen molar-refractivity contribution in [3.05, 3.63) is 69.9 Å². The van der Waals surface area contributed by atoms with Crippen LogP contribution in [0.2, 0.25) is 0 Å². The van der Waals surface area contributed by atoms with Crippen LogP contribution in [0.15, 0.2) is 41.2 Å². The lowest BCUT2D eigenvalue weighted by atomic mass is 10.2. The van der Waals surface area contributed by atoms with Gasteiger partial charge in [-0.25, -0.2) is 4.39 Å². The van der Waals surface area contributed by atoms with E-state index in [-0.39, 0.29) is 30.5 Å². The quantitative estimate of drug-likeness (QED) is 0.526. The molecule has 2 heterocycles. The highest BCUT2D eigenvalue weighted by molar-refractivity contribution is 5.89. The molecule has 0 bridgehead atoms. The van der Waals surface area contributed by atoms with Crippen LogP contribution in [0.1, 0.15) is 22.1 Å². The number of halogens is 1. The summed E-state index contributed by atoms with van der Waals surface area (Å²) < 4.78 is 19.2. The van der Waals surface area contributed by atoms with E-state index in [1.54, 1.807) is 6.07 Å². The molecule has 1 aromatic carbocycles. The average Bonchev–Trinajstić information content (AvgIpc) is 3.23. The topological polar surface area (TPSA) is 129 Å². The molecule has 0 aliphatic rings. The number of nitrogens with one attached hydrogen (secondary N) is 1. The number of amides is 1. The number of aromatic nitrogens is 4.